The number of fused-ring (bicyclic) bond motifs is 2. The van der Waals surface area contributed by atoms with E-state index in [-0.39, 0.29) is 0 Å². The minimum Gasteiger partial charge on any atom is -0.387 e. The first-order chi connectivity index (χ1) is 18.8. The van der Waals surface area contributed by atoms with E-state index in [0.717, 1.165) is 48.0 Å². The van der Waals surface area contributed by atoms with Gasteiger partial charge in [-0.1, -0.05) is 72.6 Å². The fourth-order valence-electron chi connectivity index (χ4n) is 9.95. The highest BCUT2D eigenvalue weighted by Gasteiger charge is 2.39. The number of hydrogen-bond donors (Lipinski definition) is 1. The molecule has 0 spiro atoms. The van der Waals surface area contributed by atoms with Crippen LogP contribution in [0, 0.1) is 47.3 Å². The smallest absolute Gasteiger partial charge is 0.0360 e. The largest absolute Gasteiger partial charge is 0.387 e. The molecule has 0 aromatic carbocycles. The van der Waals surface area contributed by atoms with Gasteiger partial charge in [-0.3, -0.25) is 0 Å². The molecule has 6 aliphatic carbocycles. The van der Waals surface area contributed by atoms with Gasteiger partial charge in [0.2, 0.25) is 0 Å². The monoisotopic (exact) mass is 507 g/mol. The van der Waals surface area contributed by atoms with Gasteiger partial charge in [0.25, 0.3) is 0 Å². The number of rotatable bonds is 4. The Kier molecular flexibility index (Phi) is 7.38. The topological polar surface area (TPSA) is 12.0 Å². The van der Waals surface area contributed by atoms with E-state index in [4.69, 9.17) is 0 Å². The van der Waals surface area contributed by atoms with Crippen molar-refractivity contribution in [2.45, 2.75) is 89.9 Å². The summed E-state index contributed by atoms with van der Waals surface area (Å²) in [5.41, 5.74) is 7.01. The molecule has 1 heteroatoms. The summed E-state index contributed by atoms with van der Waals surface area (Å²) in [5.74, 6) is 6.76. The highest BCUT2D eigenvalue weighted by molar-refractivity contribution is 5.42. The Morgan fingerprint density at radius 1 is 0.711 bits per heavy atom. The van der Waals surface area contributed by atoms with Crippen LogP contribution in [-0.4, -0.2) is 6.54 Å². The van der Waals surface area contributed by atoms with Crippen molar-refractivity contribution in [3.8, 4) is 0 Å². The molecule has 1 aliphatic heterocycles. The molecule has 7 rings (SSSR count). The summed E-state index contributed by atoms with van der Waals surface area (Å²) < 4.78 is 0. The van der Waals surface area contributed by atoms with E-state index in [1.165, 1.54) is 89.9 Å². The minimum atomic E-state index is 0.636. The van der Waals surface area contributed by atoms with Crippen molar-refractivity contribution in [3.05, 3.63) is 83.2 Å². The maximum atomic E-state index is 3.43. The van der Waals surface area contributed by atoms with E-state index in [1.807, 2.05) is 11.1 Å². The second kappa shape index (κ2) is 11.2. The molecular weight excluding hydrogens is 458 g/mol. The van der Waals surface area contributed by atoms with Gasteiger partial charge in [-0.25, -0.2) is 0 Å². The lowest BCUT2D eigenvalue weighted by Gasteiger charge is -2.44. The summed E-state index contributed by atoms with van der Waals surface area (Å²) >= 11 is 0. The number of dihydropyridines is 1. The third-order valence-electron chi connectivity index (χ3n) is 11.9. The predicted molar refractivity (Wildman–Crippen MR) is 160 cm³/mol. The first-order valence-electron chi connectivity index (χ1n) is 16.4. The molecule has 6 atom stereocenters. The van der Waals surface area contributed by atoms with Crippen molar-refractivity contribution >= 4 is 0 Å². The molecule has 1 N–H and O–H groups in total. The van der Waals surface area contributed by atoms with Gasteiger partial charge < -0.3 is 5.32 Å². The summed E-state index contributed by atoms with van der Waals surface area (Å²) in [6.07, 6.45) is 44.1. The van der Waals surface area contributed by atoms with Crippen molar-refractivity contribution < 1.29 is 0 Å². The SMILES string of the molecule is C1=CNCC(C2CCC(C3=C4C=CC=CC4C(C4=CCC(C5C=CCC6CCCCC65)CC4)CC3)CC2)=C1. The third-order valence-corrected chi connectivity index (χ3v) is 11.9. The van der Waals surface area contributed by atoms with E-state index in [9.17, 15) is 0 Å². The average Bonchev–Trinajstić information content (AvgIpc) is 3.01. The van der Waals surface area contributed by atoms with Crippen molar-refractivity contribution in [2.24, 2.45) is 47.3 Å². The average molecular weight is 508 g/mol. The molecule has 2 fully saturated rings. The molecule has 6 unspecified atom stereocenters. The first kappa shape index (κ1) is 25.0. The first-order valence-corrected chi connectivity index (χ1v) is 16.4. The maximum Gasteiger partial charge on any atom is 0.0360 e. The van der Waals surface area contributed by atoms with Crippen molar-refractivity contribution in [3.63, 3.8) is 0 Å². The number of hydrogen-bond acceptors (Lipinski definition) is 1. The number of nitrogens with one attached hydrogen (secondary N) is 1. The van der Waals surface area contributed by atoms with Crippen molar-refractivity contribution in [1.29, 1.82) is 0 Å². The van der Waals surface area contributed by atoms with Gasteiger partial charge in [0.15, 0.2) is 0 Å². The molecule has 0 radical (unpaired) electrons. The fourth-order valence-corrected chi connectivity index (χ4v) is 9.95. The van der Waals surface area contributed by atoms with Crippen LogP contribution in [-0.2, 0) is 0 Å². The van der Waals surface area contributed by atoms with Crippen molar-refractivity contribution in [1.82, 2.24) is 5.32 Å². The Labute approximate surface area is 232 Å². The standard InChI is InChI=1S/C37H49N/c1-2-10-32-27(7-1)8-5-13-33(32)28-18-20-30(21-19-28)35-23-22-34(36-11-3-4-12-37(35)36)29-16-14-26(15-17-29)31-9-6-24-38-25-31/h3-6,9,11-13,20,24,26-29,32-33,35,37-38H,1-2,7-8,10,14-19,21-23,25H2. The summed E-state index contributed by atoms with van der Waals surface area (Å²) in [6, 6.07) is 0. The van der Waals surface area contributed by atoms with Gasteiger partial charge in [-0.05, 0) is 142 Å². The van der Waals surface area contributed by atoms with E-state index < -0.39 is 0 Å². The zero-order valence-electron chi connectivity index (χ0n) is 23.5. The Morgan fingerprint density at radius 3 is 2.45 bits per heavy atom. The summed E-state index contributed by atoms with van der Waals surface area (Å²) in [6.45, 7) is 1.06. The Morgan fingerprint density at radius 2 is 1.61 bits per heavy atom. The van der Waals surface area contributed by atoms with E-state index in [0.29, 0.717) is 5.92 Å². The summed E-state index contributed by atoms with van der Waals surface area (Å²) in [4.78, 5) is 0. The second-order valence-electron chi connectivity index (χ2n) is 13.7. The summed E-state index contributed by atoms with van der Waals surface area (Å²) in [7, 11) is 0. The van der Waals surface area contributed by atoms with Gasteiger partial charge in [0.1, 0.15) is 0 Å². The van der Waals surface area contributed by atoms with Crippen LogP contribution in [0.2, 0.25) is 0 Å². The lowest BCUT2D eigenvalue weighted by molar-refractivity contribution is 0.129. The molecule has 38 heavy (non-hydrogen) atoms. The van der Waals surface area contributed by atoms with Gasteiger partial charge in [0.05, 0.1) is 0 Å². The molecule has 0 saturated heterocycles. The highest BCUT2D eigenvalue weighted by Crippen LogP contribution is 2.51. The van der Waals surface area contributed by atoms with Gasteiger partial charge in [-0.2, -0.15) is 0 Å². The van der Waals surface area contributed by atoms with Crippen LogP contribution >= 0.6 is 0 Å². The predicted octanol–water partition coefficient (Wildman–Crippen LogP) is 9.39. The van der Waals surface area contributed by atoms with Crippen LogP contribution in [0.15, 0.2) is 83.2 Å². The van der Waals surface area contributed by atoms with Gasteiger partial charge >= 0.3 is 0 Å². The quantitative estimate of drug-likeness (QED) is 0.374. The molecule has 0 aromatic rings. The zero-order valence-corrected chi connectivity index (χ0v) is 23.5. The normalized spacial score (nSPS) is 40.6. The molecule has 1 nitrogen and oxygen atoms in total. The highest BCUT2D eigenvalue weighted by atomic mass is 14.8. The molecule has 2 saturated carbocycles. The van der Waals surface area contributed by atoms with Crippen LogP contribution in [0.4, 0.5) is 0 Å². The van der Waals surface area contributed by atoms with Crippen LogP contribution < -0.4 is 5.32 Å². The molecule has 0 amide bonds. The molecular formula is C37H49N. The van der Waals surface area contributed by atoms with Crippen LogP contribution in [0.3, 0.4) is 0 Å². The molecule has 202 valence electrons. The maximum absolute atomic E-state index is 3.43. The lowest BCUT2D eigenvalue weighted by Crippen LogP contribution is -2.34. The molecule has 1 heterocycles. The third kappa shape index (κ3) is 4.89. The van der Waals surface area contributed by atoms with E-state index in [1.54, 1.807) is 11.1 Å². The molecule has 7 aliphatic rings. The molecule has 0 aromatic heterocycles. The minimum absolute atomic E-state index is 0.636. The zero-order chi connectivity index (χ0) is 25.3. The molecule has 0 bridgehead atoms. The van der Waals surface area contributed by atoms with Gasteiger partial charge in [0, 0.05) is 12.5 Å². The van der Waals surface area contributed by atoms with Crippen LogP contribution in [0.25, 0.3) is 0 Å². The van der Waals surface area contributed by atoms with E-state index in [2.05, 4.69) is 66.2 Å². The van der Waals surface area contributed by atoms with Gasteiger partial charge in [-0.15, -0.1) is 0 Å². The van der Waals surface area contributed by atoms with E-state index >= 15 is 0 Å². The van der Waals surface area contributed by atoms with Crippen LogP contribution in [0.1, 0.15) is 89.9 Å². The second-order valence-corrected chi connectivity index (χ2v) is 13.7. The fraction of sp³-hybridized carbons (Fsp3) is 0.622. The van der Waals surface area contributed by atoms with Crippen LogP contribution in [0.5, 0.6) is 0 Å². The Bertz CT molecular complexity index is 1080. The van der Waals surface area contributed by atoms with Crippen molar-refractivity contribution in [2.75, 3.05) is 6.54 Å². The Balaban J connectivity index is 1.03. The number of allylic oxidation sites excluding steroid dienone is 12. The Hall–Kier alpha value is -2.02. The summed E-state index contributed by atoms with van der Waals surface area (Å²) in [5, 5.41) is 3.43. The lowest BCUT2D eigenvalue weighted by atomic mass is 9.61.